The highest BCUT2D eigenvalue weighted by molar-refractivity contribution is 5.63. The highest BCUT2D eigenvalue weighted by Crippen LogP contribution is 2.26. The Morgan fingerprint density at radius 3 is 1.97 bits per heavy atom. The van der Waals surface area contributed by atoms with Crippen LogP contribution in [-0.4, -0.2) is 42.4 Å². The number of aliphatic hydroxyl groups is 1. The van der Waals surface area contributed by atoms with Gasteiger partial charge in [-0.05, 0) is 73.4 Å². The van der Waals surface area contributed by atoms with Gasteiger partial charge in [-0.1, -0.05) is 61.4 Å². The van der Waals surface area contributed by atoms with E-state index in [1.807, 2.05) is 0 Å². The molecule has 0 spiro atoms. The summed E-state index contributed by atoms with van der Waals surface area (Å²) in [7, 11) is 0. The molecule has 29 heavy (non-hydrogen) atoms. The monoisotopic (exact) mass is 393 g/mol. The van der Waals surface area contributed by atoms with E-state index in [0.29, 0.717) is 6.10 Å². The minimum absolute atomic E-state index is 0.278. The predicted octanol–water partition coefficient (Wildman–Crippen LogP) is 5.06. The van der Waals surface area contributed by atoms with Crippen molar-refractivity contribution in [2.75, 3.05) is 26.2 Å². The van der Waals surface area contributed by atoms with Crippen LogP contribution < -0.4 is 0 Å². The standard InChI is InChI=1S/C26H35NO2/c28-18-17-27-15-13-22(14-16-27)19-21-5-9-24(10-6-21)25-11-7-23(8-12-25)20-29-26-3-1-2-4-26/h5-12,22,26,28H,1-4,13-20H2. The molecular weight excluding hydrogens is 358 g/mol. The zero-order valence-electron chi connectivity index (χ0n) is 17.6. The van der Waals surface area contributed by atoms with Crippen molar-refractivity contribution in [3.05, 3.63) is 59.7 Å². The molecule has 1 saturated heterocycles. The number of rotatable bonds is 8. The van der Waals surface area contributed by atoms with Gasteiger partial charge in [-0.3, -0.25) is 0 Å². The molecule has 3 heteroatoms. The van der Waals surface area contributed by atoms with Crippen LogP contribution in [0.2, 0.25) is 0 Å². The van der Waals surface area contributed by atoms with Gasteiger partial charge in [-0.2, -0.15) is 0 Å². The second kappa shape index (κ2) is 10.4. The zero-order valence-corrected chi connectivity index (χ0v) is 17.6. The molecule has 0 aromatic heterocycles. The first kappa shape index (κ1) is 20.6. The quantitative estimate of drug-likeness (QED) is 0.680. The smallest absolute Gasteiger partial charge is 0.0720 e. The predicted molar refractivity (Wildman–Crippen MR) is 119 cm³/mol. The van der Waals surface area contributed by atoms with E-state index in [4.69, 9.17) is 9.84 Å². The molecule has 2 aromatic carbocycles. The minimum atomic E-state index is 0.278. The summed E-state index contributed by atoms with van der Waals surface area (Å²) in [4.78, 5) is 2.38. The van der Waals surface area contributed by atoms with E-state index in [1.54, 1.807) is 0 Å². The van der Waals surface area contributed by atoms with Gasteiger partial charge in [0.25, 0.3) is 0 Å². The molecule has 2 fully saturated rings. The molecule has 156 valence electrons. The van der Waals surface area contributed by atoms with Crippen LogP contribution in [0, 0.1) is 5.92 Å². The van der Waals surface area contributed by atoms with Crippen LogP contribution in [0.15, 0.2) is 48.5 Å². The SMILES string of the molecule is OCCN1CCC(Cc2ccc(-c3ccc(COC4CCCC4)cc3)cc2)CC1. The summed E-state index contributed by atoms with van der Waals surface area (Å²) in [5.74, 6) is 0.773. The Balaban J connectivity index is 1.27. The summed E-state index contributed by atoms with van der Waals surface area (Å²) in [5, 5.41) is 9.08. The summed E-state index contributed by atoms with van der Waals surface area (Å²) >= 11 is 0. The Kier molecular flexibility index (Phi) is 7.37. The lowest BCUT2D eigenvalue weighted by atomic mass is 9.89. The molecule has 3 nitrogen and oxygen atoms in total. The second-order valence-corrected chi connectivity index (χ2v) is 8.82. The van der Waals surface area contributed by atoms with E-state index in [2.05, 4.69) is 53.4 Å². The Morgan fingerprint density at radius 1 is 0.793 bits per heavy atom. The Labute approximate surface area is 175 Å². The molecule has 0 atom stereocenters. The van der Waals surface area contributed by atoms with Gasteiger partial charge in [0.15, 0.2) is 0 Å². The number of ether oxygens (including phenoxy) is 1. The average molecular weight is 394 g/mol. The lowest BCUT2D eigenvalue weighted by Crippen LogP contribution is -2.36. The van der Waals surface area contributed by atoms with Crippen LogP contribution in [0.5, 0.6) is 0 Å². The third-order valence-corrected chi connectivity index (χ3v) is 6.68. The molecule has 0 radical (unpaired) electrons. The van der Waals surface area contributed by atoms with E-state index in [0.717, 1.165) is 32.2 Å². The first-order valence-electron chi connectivity index (χ1n) is 11.4. The van der Waals surface area contributed by atoms with Crippen molar-refractivity contribution in [3.63, 3.8) is 0 Å². The second-order valence-electron chi connectivity index (χ2n) is 8.82. The molecule has 1 N–H and O–H groups in total. The maximum atomic E-state index is 9.08. The molecular formula is C26H35NO2. The molecule has 2 aliphatic rings. The molecule has 0 bridgehead atoms. The summed E-state index contributed by atoms with van der Waals surface area (Å²) in [5.41, 5.74) is 5.27. The van der Waals surface area contributed by atoms with Gasteiger partial charge in [0.2, 0.25) is 0 Å². The maximum absolute atomic E-state index is 9.08. The number of nitrogens with zero attached hydrogens (tertiary/aromatic N) is 1. The van der Waals surface area contributed by atoms with Gasteiger partial charge in [0.1, 0.15) is 0 Å². The number of hydrogen-bond donors (Lipinski definition) is 1. The Morgan fingerprint density at radius 2 is 1.38 bits per heavy atom. The van der Waals surface area contributed by atoms with Crippen molar-refractivity contribution < 1.29 is 9.84 Å². The maximum Gasteiger partial charge on any atom is 0.0720 e. The molecule has 1 aliphatic carbocycles. The fourth-order valence-corrected chi connectivity index (χ4v) is 4.78. The van der Waals surface area contributed by atoms with Crippen LogP contribution in [0.4, 0.5) is 0 Å². The van der Waals surface area contributed by atoms with Crippen LogP contribution >= 0.6 is 0 Å². The van der Waals surface area contributed by atoms with Crippen LogP contribution in [0.1, 0.15) is 49.7 Å². The molecule has 1 saturated carbocycles. The van der Waals surface area contributed by atoms with E-state index < -0.39 is 0 Å². The highest BCUT2D eigenvalue weighted by Gasteiger charge is 2.19. The van der Waals surface area contributed by atoms with Gasteiger partial charge in [0.05, 0.1) is 19.3 Å². The molecule has 1 aliphatic heterocycles. The molecule has 4 rings (SSSR count). The average Bonchev–Trinajstić information content (AvgIpc) is 3.29. The number of aliphatic hydroxyl groups excluding tert-OH is 1. The lowest BCUT2D eigenvalue weighted by Gasteiger charge is -2.31. The highest BCUT2D eigenvalue weighted by atomic mass is 16.5. The van der Waals surface area contributed by atoms with Gasteiger partial charge in [-0.25, -0.2) is 0 Å². The molecule has 2 aromatic rings. The summed E-state index contributed by atoms with van der Waals surface area (Å²) in [6.45, 7) is 4.09. The molecule has 0 amide bonds. The number of hydrogen-bond acceptors (Lipinski definition) is 3. The van der Waals surface area contributed by atoms with Crippen molar-refractivity contribution in [1.82, 2.24) is 4.90 Å². The van der Waals surface area contributed by atoms with Crippen molar-refractivity contribution >= 4 is 0 Å². The minimum Gasteiger partial charge on any atom is -0.395 e. The van der Waals surface area contributed by atoms with Gasteiger partial charge in [-0.15, -0.1) is 0 Å². The van der Waals surface area contributed by atoms with E-state index >= 15 is 0 Å². The van der Waals surface area contributed by atoms with Crippen molar-refractivity contribution in [2.24, 2.45) is 5.92 Å². The van der Waals surface area contributed by atoms with E-state index in [1.165, 1.54) is 67.2 Å². The summed E-state index contributed by atoms with van der Waals surface area (Å²) in [6.07, 6.45) is 9.23. The molecule has 0 unspecified atom stereocenters. The van der Waals surface area contributed by atoms with Gasteiger partial charge >= 0.3 is 0 Å². The summed E-state index contributed by atoms with van der Waals surface area (Å²) < 4.78 is 6.03. The Hall–Kier alpha value is -1.68. The third kappa shape index (κ3) is 5.91. The number of β-amino-alcohol motifs (C(OH)–C–C–N with tert-alkyl or cyclic N) is 1. The fraction of sp³-hybridized carbons (Fsp3) is 0.538. The van der Waals surface area contributed by atoms with Crippen LogP contribution in [0.25, 0.3) is 11.1 Å². The Bertz CT molecular complexity index is 726. The fourth-order valence-electron chi connectivity index (χ4n) is 4.78. The number of benzene rings is 2. The van der Waals surface area contributed by atoms with Crippen molar-refractivity contribution in [2.45, 2.75) is 57.7 Å². The van der Waals surface area contributed by atoms with E-state index in [-0.39, 0.29) is 6.61 Å². The normalized spacial score (nSPS) is 19.1. The van der Waals surface area contributed by atoms with Crippen LogP contribution in [-0.2, 0) is 17.8 Å². The van der Waals surface area contributed by atoms with Gasteiger partial charge < -0.3 is 14.7 Å². The largest absolute Gasteiger partial charge is 0.395 e. The van der Waals surface area contributed by atoms with Crippen molar-refractivity contribution in [3.8, 4) is 11.1 Å². The third-order valence-electron chi connectivity index (χ3n) is 6.68. The number of piperidine rings is 1. The van der Waals surface area contributed by atoms with E-state index in [9.17, 15) is 0 Å². The molecule has 1 heterocycles. The summed E-state index contributed by atoms with van der Waals surface area (Å²) in [6, 6.07) is 18.0. The first-order chi connectivity index (χ1) is 14.3. The first-order valence-corrected chi connectivity index (χ1v) is 11.4. The van der Waals surface area contributed by atoms with Crippen molar-refractivity contribution in [1.29, 1.82) is 0 Å². The topological polar surface area (TPSA) is 32.7 Å². The lowest BCUT2D eigenvalue weighted by molar-refractivity contribution is 0.0457. The zero-order chi connectivity index (χ0) is 19.9. The van der Waals surface area contributed by atoms with Gasteiger partial charge in [0, 0.05) is 6.54 Å². The number of likely N-dealkylation sites (tertiary alicyclic amines) is 1. The van der Waals surface area contributed by atoms with Crippen LogP contribution in [0.3, 0.4) is 0 Å².